The lowest BCUT2D eigenvalue weighted by Crippen LogP contribution is -2.09. The lowest BCUT2D eigenvalue weighted by atomic mass is 10.2. The predicted molar refractivity (Wildman–Crippen MR) is 73.7 cm³/mol. The molecule has 1 heterocycles. The first kappa shape index (κ1) is 15.0. The molecule has 0 fully saturated rings. The van der Waals surface area contributed by atoms with Gasteiger partial charge in [0.1, 0.15) is 12.7 Å². The van der Waals surface area contributed by atoms with Gasteiger partial charge in [-0.25, -0.2) is 14.5 Å². The number of hydrogen-bond donors (Lipinski definition) is 1. The van der Waals surface area contributed by atoms with Crippen LogP contribution in [0.3, 0.4) is 0 Å². The topological polar surface area (TPSA) is 94.3 Å². The van der Waals surface area contributed by atoms with Gasteiger partial charge < -0.3 is 9.84 Å². The number of carbonyl (C=O) groups is 2. The SMILES string of the molecule is CCOC(=O)Cc1ncn(-c2ccc(C(=O)O)c(Cl)c2)n1. The Kier molecular flexibility index (Phi) is 4.54. The van der Waals surface area contributed by atoms with Crippen molar-refractivity contribution in [3.63, 3.8) is 0 Å². The number of rotatable bonds is 5. The van der Waals surface area contributed by atoms with Crippen LogP contribution in [-0.2, 0) is 16.0 Å². The van der Waals surface area contributed by atoms with Gasteiger partial charge in [0.15, 0.2) is 5.82 Å². The first-order chi connectivity index (χ1) is 10.0. The molecule has 21 heavy (non-hydrogen) atoms. The molecule has 0 radical (unpaired) electrons. The number of carboxylic acids is 1. The number of ether oxygens (including phenoxy) is 1. The van der Waals surface area contributed by atoms with Crippen LogP contribution in [0.25, 0.3) is 5.69 Å². The van der Waals surface area contributed by atoms with E-state index in [0.717, 1.165) is 0 Å². The van der Waals surface area contributed by atoms with Gasteiger partial charge in [-0.3, -0.25) is 4.79 Å². The van der Waals surface area contributed by atoms with Crippen LogP contribution < -0.4 is 0 Å². The summed E-state index contributed by atoms with van der Waals surface area (Å²) >= 11 is 5.89. The lowest BCUT2D eigenvalue weighted by molar-refractivity contribution is -0.142. The summed E-state index contributed by atoms with van der Waals surface area (Å²) in [5, 5.41) is 13.1. The standard InChI is InChI=1S/C13H12ClN3O4/c1-2-21-12(18)6-11-15-7-17(16-11)8-3-4-9(13(19)20)10(14)5-8/h3-5,7H,2,6H2,1H3,(H,19,20). The van der Waals surface area contributed by atoms with Crippen LogP contribution >= 0.6 is 11.6 Å². The summed E-state index contributed by atoms with van der Waals surface area (Å²) in [5.41, 5.74) is 0.555. The molecule has 0 atom stereocenters. The van der Waals surface area contributed by atoms with Crippen LogP contribution in [0.5, 0.6) is 0 Å². The number of aromatic nitrogens is 3. The van der Waals surface area contributed by atoms with E-state index < -0.39 is 11.9 Å². The number of carbonyl (C=O) groups excluding carboxylic acids is 1. The molecule has 1 N–H and O–H groups in total. The molecule has 0 bridgehead atoms. The maximum atomic E-state index is 11.3. The summed E-state index contributed by atoms with van der Waals surface area (Å²) in [6.45, 7) is 2.02. The second-order valence-electron chi connectivity index (χ2n) is 4.06. The highest BCUT2D eigenvalue weighted by molar-refractivity contribution is 6.33. The number of nitrogens with zero attached hydrogens (tertiary/aromatic N) is 3. The van der Waals surface area contributed by atoms with Crippen molar-refractivity contribution in [3.05, 3.63) is 40.9 Å². The molecule has 2 rings (SSSR count). The fraction of sp³-hybridized carbons (Fsp3) is 0.231. The van der Waals surface area contributed by atoms with Gasteiger partial charge in [-0.05, 0) is 25.1 Å². The second-order valence-corrected chi connectivity index (χ2v) is 4.46. The summed E-state index contributed by atoms with van der Waals surface area (Å²) in [7, 11) is 0. The van der Waals surface area contributed by atoms with Gasteiger partial charge >= 0.3 is 11.9 Å². The smallest absolute Gasteiger partial charge is 0.337 e. The Balaban J connectivity index is 2.20. The van der Waals surface area contributed by atoms with Crippen molar-refractivity contribution in [1.29, 1.82) is 0 Å². The fourth-order valence-electron chi connectivity index (χ4n) is 1.66. The van der Waals surface area contributed by atoms with Gasteiger partial charge in [-0.15, -0.1) is 0 Å². The number of hydrogen-bond acceptors (Lipinski definition) is 5. The number of carboxylic acid groups (broad SMARTS) is 1. The van der Waals surface area contributed by atoms with E-state index in [1.165, 1.54) is 23.1 Å². The van der Waals surface area contributed by atoms with Crippen LogP contribution in [-0.4, -0.2) is 38.4 Å². The van der Waals surface area contributed by atoms with Gasteiger partial charge in [0.2, 0.25) is 0 Å². The Labute approximate surface area is 125 Å². The van der Waals surface area contributed by atoms with E-state index in [2.05, 4.69) is 10.1 Å². The predicted octanol–water partition coefficient (Wildman–Crippen LogP) is 1.72. The largest absolute Gasteiger partial charge is 0.478 e. The third-order valence-corrected chi connectivity index (χ3v) is 2.91. The number of aromatic carboxylic acids is 1. The van der Waals surface area contributed by atoms with E-state index in [0.29, 0.717) is 18.1 Å². The minimum absolute atomic E-state index is 0.00674. The summed E-state index contributed by atoms with van der Waals surface area (Å²) in [6.07, 6.45) is 1.39. The third-order valence-electron chi connectivity index (χ3n) is 2.59. The normalized spacial score (nSPS) is 10.4. The van der Waals surface area contributed by atoms with Gasteiger partial charge in [-0.2, -0.15) is 5.10 Å². The Morgan fingerprint density at radius 1 is 1.43 bits per heavy atom. The Morgan fingerprint density at radius 3 is 2.81 bits per heavy atom. The van der Waals surface area contributed by atoms with Crippen molar-refractivity contribution in [2.45, 2.75) is 13.3 Å². The maximum Gasteiger partial charge on any atom is 0.337 e. The van der Waals surface area contributed by atoms with Crippen molar-refractivity contribution < 1.29 is 19.4 Å². The molecule has 0 spiro atoms. The molecular weight excluding hydrogens is 298 g/mol. The summed E-state index contributed by atoms with van der Waals surface area (Å²) < 4.78 is 6.22. The van der Waals surface area contributed by atoms with E-state index in [9.17, 15) is 9.59 Å². The molecule has 7 nitrogen and oxygen atoms in total. The zero-order valence-corrected chi connectivity index (χ0v) is 11.9. The zero-order valence-electron chi connectivity index (χ0n) is 11.1. The average Bonchev–Trinajstić information content (AvgIpc) is 2.86. The maximum absolute atomic E-state index is 11.3. The Bertz CT molecular complexity index is 684. The van der Waals surface area contributed by atoms with E-state index in [4.69, 9.17) is 21.4 Å². The first-order valence-electron chi connectivity index (χ1n) is 6.10. The van der Waals surface area contributed by atoms with Gasteiger partial charge in [-0.1, -0.05) is 11.6 Å². The molecule has 0 unspecified atom stereocenters. The van der Waals surface area contributed by atoms with Crippen LogP contribution in [0.2, 0.25) is 5.02 Å². The van der Waals surface area contributed by atoms with Gasteiger partial charge in [0.05, 0.1) is 22.9 Å². The summed E-state index contributed by atoms with van der Waals surface area (Å²) in [4.78, 5) is 26.2. The average molecular weight is 310 g/mol. The van der Waals surface area contributed by atoms with Crippen molar-refractivity contribution in [2.75, 3.05) is 6.61 Å². The highest BCUT2D eigenvalue weighted by atomic mass is 35.5. The van der Waals surface area contributed by atoms with Crippen molar-refractivity contribution in [2.24, 2.45) is 0 Å². The Hall–Kier alpha value is -2.41. The van der Waals surface area contributed by atoms with Crippen LogP contribution in [0.4, 0.5) is 0 Å². The molecule has 1 aromatic carbocycles. The quantitative estimate of drug-likeness (QED) is 0.845. The molecule has 0 aliphatic heterocycles. The van der Waals surface area contributed by atoms with Crippen LogP contribution in [0.1, 0.15) is 23.1 Å². The van der Waals surface area contributed by atoms with E-state index in [1.54, 1.807) is 13.0 Å². The highest BCUT2D eigenvalue weighted by Gasteiger charge is 2.12. The molecule has 110 valence electrons. The highest BCUT2D eigenvalue weighted by Crippen LogP contribution is 2.20. The molecule has 0 saturated carbocycles. The Morgan fingerprint density at radius 2 is 2.19 bits per heavy atom. The fourth-order valence-corrected chi connectivity index (χ4v) is 1.92. The zero-order chi connectivity index (χ0) is 15.4. The first-order valence-corrected chi connectivity index (χ1v) is 6.48. The number of benzene rings is 1. The number of halogens is 1. The lowest BCUT2D eigenvalue weighted by Gasteiger charge is -2.03. The van der Waals surface area contributed by atoms with Gasteiger partial charge in [0.25, 0.3) is 0 Å². The summed E-state index contributed by atoms with van der Waals surface area (Å²) in [5.74, 6) is -1.20. The minimum Gasteiger partial charge on any atom is -0.478 e. The molecule has 0 saturated heterocycles. The number of esters is 1. The molecule has 0 amide bonds. The van der Waals surface area contributed by atoms with Gasteiger partial charge in [0, 0.05) is 0 Å². The van der Waals surface area contributed by atoms with Crippen LogP contribution in [0, 0.1) is 0 Å². The summed E-state index contributed by atoms with van der Waals surface area (Å²) in [6, 6.07) is 4.40. The minimum atomic E-state index is -1.10. The molecule has 8 heteroatoms. The van der Waals surface area contributed by atoms with Crippen molar-refractivity contribution in [3.8, 4) is 5.69 Å². The molecular formula is C13H12ClN3O4. The van der Waals surface area contributed by atoms with Crippen LogP contribution in [0.15, 0.2) is 24.5 Å². The van der Waals surface area contributed by atoms with Crippen molar-refractivity contribution >= 4 is 23.5 Å². The molecule has 2 aromatic rings. The van der Waals surface area contributed by atoms with E-state index >= 15 is 0 Å². The second kappa shape index (κ2) is 6.36. The third kappa shape index (κ3) is 3.57. The molecule has 0 aliphatic rings. The van der Waals surface area contributed by atoms with Crippen molar-refractivity contribution in [1.82, 2.24) is 14.8 Å². The van der Waals surface area contributed by atoms with E-state index in [1.807, 2.05) is 0 Å². The monoisotopic (exact) mass is 309 g/mol. The molecule has 0 aliphatic carbocycles. The molecule has 1 aromatic heterocycles. The van der Waals surface area contributed by atoms with E-state index in [-0.39, 0.29) is 17.0 Å².